The first-order valence-electron chi connectivity index (χ1n) is 14.7. The number of amides is 1. The van der Waals surface area contributed by atoms with Gasteiger partial charge in [-0.05, 0) is 56.5 Å². The SMILES string of the molecule is [2H]C1CC[C@@]2([2H])C(=O)N(CCOc3ccc(OC)c(OC)c3)C([2H])([2H])[C@]([2H])([C@@H](C)O)[C@]1([2H])N2S(=O)(=O)c1cc(Cl)cc(Cl)c1. The Morgan fingerprint density at radius 3 is 2.47 bits per heavy atom. The van der Waals surface area contributed by atoms with Crippen LogP contribution in [0.5, 0.6) is 17.2 Å². The van der Waals surface area contributed by atoms with Crippen LogP contribution in [0.15, 0.2) is 41.3 Å². The summed E-state index contributed by atoms with van der Waals surface area (Å²) in [5.74, 6) is -3.64. The van der Waals surface area contributed by atoms with E-state index in [0.717, 1.165) is 19.1 Å². The Balaban J connectivity index is 1.88. The summed E-state index contributed by atoms with van der Waals surface area (Å²) in [5, 5.41) is 10.7. The molecule has 12 heteroatoms. The lowest BCUT2D eigenvalue weighted by atomic mass is 9.87. The molecule has 0 radical (unpaired) electrons. The molecule has 5 atom stereocenters. The minimum Gasteiger partial charge on any atom is -0.493 e. The van der Waals surface area contributed by atoms with Crippen molar-refractivity contribution in [3.8, 4) is 17.2 Å². The van der Waals surface area contributed by atoms with Crippen LogP contribution in [-0.2, 0) is 14.8 Å². The van der Waals surface area contributed by atoms with E-state index < -0.39 is 83.7 Å². The van der Waals surface area contributed by atoms with Crippen LogP contribution in [0, 0.1) is 5.89 Å². The van der Waals surface area contributed by atoms with Crippen LogP contribution >= 0.6 is 23.2 Å². The van der Waals surface area contributed by atoms with Gasteiger partial charge in [-0.25, -0.2) is 8.42 Å². The summed E-state index contributed by atoms with van der Waals surface area (Å²) < 4.78 is 99.7. The number of fused-ring (bicyclic) bond motifs is 2. The van der Waals surface area contributed by atoms with Gasteiger partial charge in [0.1, 0.15) is 18.4 Å². The number of carbonyl (C=O) groups is 1. The van der Waals surface area contributed by atoms with E-state index in [4.69, 9.17) is 41.5 Å². The molecule has 208 valence electrons. The summed E-state index contributed by atoms with van der Waals surface area (Å²) >= 11 is 12.1. The number of carbonyl (C=O) groups excluding carboxylic acids is 1. The molecule has 2 aliphatic heterocycles. The normalized spacial score (nSPS) is 34.4. The molecule has 0 aliphatic carbocycles. The number of hydrogen-bond donors (Lipinski definition) is 1. The van der Waals surface area contributed by atoms with Crippen molar-refractivity contribution in [2.75, 3.05) is 33.9 Å². The first-order valence-corrected chi connectivity index (χ1v) is 13.8. The van der Waals surface area contributed by atoms with Crippen LogP contribution in [0.2, 0.25) is 10.0 Å². The molecule has 2 aliphatic rings. The Morgan fingerprint density at radius 2 is 1.84 bits per heavy atom. The third kappa shape index (κ3) is 5.84. The van der Waals surface area contributed by atoms with Gasteiger partial charge in [-0.1, -0.05) is 23.2 Å². The van der Waals surface area contributed by atoms with Crippen molar-refractivity contribution in [3.63, 3.8) is 0 Å². The summed E-state index contributed by atoms with van der Waals surface area (Å²) in [7, 11) is -2.31. The molecule has 2 aromatic rings. The molecule has 9 nitrogen and oxygen atoms in total. The number of methoxy groups -OCH3 is 2. The fraction of sp³-hybridized carbons (Fsp3) is 0.500. The fourth-order valence-electron chi connectivity index (χ4n) is 4.18. The average Bonchev–Trinajstić information content (AvgIpc) is 2.97. The second kappa shape index (κ2) is 11.9. The zero-order valence-electron chi connectivity index (χ0n) is 26.9. The summed E-state index contributed by atoms with van der Waals surface area (Å²) in [4.78, 5) is 14.1. The zero-order chi connectivity index (χ0) is 33.0. The number of aliphatic hydroxyl groups is 1. The molecule has 2 saturated heterocycles. The van der Waals surface area contributed by atoms with Crippen molar-refractivity contribution in [3.05, 3.63) is 46.4 Å². The predicted molar refractivity (Wildman–Crippen MR) is 144 cm³/mol. The first-order chi connectivity index (χ1) is 20.3. The quantitative estimate of drug-likeness (QED) is 0.471. The van der Waals surface area contributed by atoms with Crippen molar-refractivity contribution in [2.24, 2.45) is 5.89 Å². The summed E-state index contributed by atoms with van der Waals surface area (Å²) in [5.41, 5.74) is 0. The molecular formula is C26H32Cl2N2O7S. The van der Waals surface area contributed by atoms with Crippen molar-refractivity contribution in [2.45, 2.75) is 49.2 Å². The maximum absolute atomic E-state index is 14.3. The number of hydrogen-bond acceptors (Lipinski definition) is 7. The third-order valence-corrected chi connectivity index (χ3v) is 8.10. The minimum atomic E-state index is -5.16. The van der Waals surface area contributed by atoms with Crippen molar-refractivity contribution in [1.82, 2.24) is 9.21 Å². The molecule has 1 amide bonds. The molecule has 1 N–H and O–H groups in total. The van der Waals surface area contributed by atoms with E-state index >= 15 is 0 Å². The van der Waals surface area contributed by atoms with Gasteiger partial charge in [0.2, 0.25) is 15.9 Å². The molecule has 1 unspecified atom stereocenters. The number of halogens is 2. The molecule has 2 aromatic carbocycles. The van der Waals surface area contributed by atoms with Gasteiger partial charge >= 0.3 is 0 Å². The van der Waals surface area contributed by atoms with Crippen molar-refractivity contribution >= 4 is 39.1 Å². The van der Waals surface area contributed by atoms with Crippen LogP contribution in [0.3, 0.4) is 0 Å². The van der Waals surface area contributed by atoms with E-state index in [1.54, 1.807) is 6.07 Å². The first kappa shape index (κ1) is 21.6. The second-order valence-electron chi connectivity index (χ2n) is 8.47. The van der Waals surface area contributed by atoms with Gasteiger partial charge < -0.3 is 24.2 Å². The molecule has 0 spiro atoms. The number of aliphatic hydroxyl groups excluding tert-OH is 1. The van der Waals surface area contributed by atoms with E-state index in [-0.39, 0.29) is 20.1 Å². The fourth-order valence-corrected chi connectivity index (χ4v) is 6.49. The average molecular weight is 594 g/mol. The lowest BCUT2D eigenvalue weighted by molar-refractivity contribution is -0.135. The molecular weight excluding hydrogens is 555 g/mol. The number of sulfonamides is 1. The summed E-state index contributed by atoms with van der Waals surface area (Å²) in [6.45, 7) is -3.35. The number of ether oxygens (including phenoxy) is 3. The van der Waals surface area contributed by atoms with Gasteiger partial charge in [-0.15, -0.1) is 0 Å². The van der Waals surface area contributed by atoms with E-state index in [1.165, 1.54) is 32.4 Å². The highest BCUT2D eigenvalue weighted by atomic mass is 35.5. The Bertz CT molecular complexity index is 1540. The van der Waals surface area contributed by atoms with Gasteiger partial charge in [-0.2, -0.15) is 4.31 Å². The summed E-state index contributed by atoms with van der Waals surface area (Å²) in [6, 6.07) is 1.63. The van der Waals surface area contributed by atoms with E-state index in [2.05, 4.69) is 0 Å². The Hall–Kier alpha value is -2.24. The lowest BCUT2D eigenvalue weighted by Gasteiger charge is -2.41. The van der Waals surface area contributed by atoms with E-state index in [0.29, 0.717) is 16.4 Å². The number of benzene rings is 2. The Morgan fingerprint density at radius 1 is 1.16 bits per heavy atom. The molecule has 0 saturated carbocycles. The maximum atomic E-state index is 14.3. The lowest BCUT2D eigenvalue weighted by Crippen LogP contribution is -2.55. The van der Waals surface area contributed by atoms with E-state index in [9.17, 15) is 22.4 Å². The van der Waals surface area contributed by atoms with Crippen LogP contribution in [0.25, 0.3) is 0 Å². The molecule has 2 bridgehead atoms. The van der Waals surface area contributed by atoms with Gasteiger partial charge in [0.05, 0.1) is 33.1 Å². The molecule has 4 rings (SSSR count). The van der Waals surface area contributed by atoms with Gasteiger partial charge in [0.25, 0.3) is 0 Å². The predicted octanol–water partition coefficient (Wildman–Crippen LogP) is 3.84. The Kier molecular flexibility index (Phi) is 6.74. The van der Waals surface area contributed by atoms with Crippen molar-refractivity contribution in [1.29, 1.82) is 0 Å². The Labute approximate surface area is 241 Å². The summed E-state index contributed by atoms with van der Waals surface area (Å²) in [6.07, 6.45) is -5.00. The van der Waals surface area contributed by atoms with Crippen LogP contribution < -0.4 is 14.2 Å². The third-order valence-electron chi connectivity index (χ3n) is 5.94. The van der Waals surface area contributed by atoms with Crippen molar-refractivity contribution < 1.29 is 40.8 Å². The smallest absolute Gasteiger partial charge is 0.244 e. The van der Waals surface area contributed by atoms with Crippen LogP contribution in [-0.4, -0.2) is 80.6 Å². The molecule has 0 aromatic heterocycles. The zero-order valence-corrected chi connectivity index (χ0v) is 23.2. The van der Waals surface area contributed by atoms with E-state index in [1.807, 2.05) is 0 Å². The largest absolute Gasteiger partial charge is 0.493 e. The topological polar surface area (TPSA) is 106 Å². The molecule has 2 heterocycles. The highest BCUT2D eigenvalue weighted by molar-refractivity contribution is 7.89. The second-order valence-corrected chi connectivity index (χ2v) is 11.1. The minimum absolute atomic E-state index is 0.0885. The highest BCUT2D eigenvalue weighted by Gasteiger charge is 2.51. The maximum Gasteiger partial charge on any atom is 0.244 e. The van der Waals surface area contributed by atoms with Crippen LogP contribution in [0.4, 0.5) is 0 Å². The van der Waals surface area contributed by atoms with Gasteiger partial charge in [-0.3, -0.25) is 4.79 Å². The number of nitrogens with zero attached hydrogens (tertiary/aromatic N) is 2. The van der Waals surface area contributed by atoms with Gasteiger partial charge in [0, 0.05) is 41.4 Å². The number of rotatable bonds is 9. The standard InChI is InChI=1S/C26H32Cl2N2O7S/c1-16(31)21-15-29(9-10-37-19-7-8-24(35-2)25(14-19)36-3)26(32)23-6-4-5-22(21)30(23)38(33,34)20-12-17(27)11-18(28)13-20/h7-8,11-14,16,21-23,31H,4-6,9-10,15H2,1-3H3/t16-,21-,22-,23+/m1/s1/i5D,15D2,21D,22D,23D/t5?,16-,21-,22-,23+. The highest BCUT2D eigenvalue weighted by Crippen LogP contribution is 2.39. The van der Waals surface area contributed by atoms with Gasteiger partial charge in [0.15, 0.2) is 11.5 Å². The van der Waals surface area contributed by atoms with Crippen LogP contribution in [0.1, 0.15) is 34.4 Å². The molecule has 2 fully saturated rings. The monoisotopic (exact) mass is 592 g/mol. The number of piperidine rings is 1. The molecule has 38 heavy (non-hydrogen) atoms.